The minimum Gasteiger partial charge on any atom is -0.464 e. The van der Waals surface area contributed by atoms with Crippen molar-refractivity contribution in [3.8, 4) is 17.2 Å². The fraction of sp³-hybridized carbons (Fsp3) is 0.318. The number of hydrogen-bond acceptors (Lipinski definition) is 4. The molecule has 2 aromatic heterocycles. The lowest BCUT2D eigenvalue weighted by Crippen LogP contribution is -2.43. The molecule has 8 rings (SSSR count). The Kier molecular flexibility index (Phi) is 7.08. The lowest BCUT2D eigenvalue weighted by molar-refractivity contribution is 0.0284. The van der Waals surface area contributed by atoms with Crippen molar-refractivity contribution >= 4 is 27.8 Å². The van der Waals surface area contributed by atoms with Crippen molar-refractivity contribution in [2.75, 3.05) is 0 Å². The summed E-state index contributed by atoms with van der Waals surface area (Å²) in [5.41, 5.74) is 10.4. The second-order valence-electron chi connectivity index (χ2n) is 15.6. The zero-order chi connectivity index (χ0) is 34.3. The van der Waals surface area contributed by atoms with Gasteiger partial charge in [0.25, 0.3) is 0 Å². The van der Waals surface area contributed by atoms with Crippen molar-refractivity contribution in [1.82, 2.24) is 9.55 Å². The van der Waals surface area contributed by atoms with Crippen molar-refractivity contribution in [2.24, 2.45) is 4.99 Å². The van der Waals surface area contributed by atoms with Crippen LogP contribution in [-0.2, 0) is 22.2 Å². The van der Waals surface area contributed by atoms with Gasteiger partial charge in [-0.2, -0.15) is 0 Å². The van der Waals surface area contributed by atoms with Gasteiger partial charge in [0.15, 0.2) is 5.60 Å². The topological polar surface area (TPSA) is 48.6 Å². The number of aryl methyl sites for hydroxylation is 4. The van der Waals surface area contributed by atoms with Crippen LogP contribution in [0.4, 0.5) is 0 Å². The highest BCUT2D eigenvalue weighted by Gasteiger charge is 2.55. The first-order valence-electron chi connectivity index (χ1n) is 17.5. The van der Waals surface area contributed by atoms with E-state index >= 15 is 0 Å². The van der Waals surface area contributed by atoms with Gasteiger partial charge < -0.3 is 9.47 Å². The van der Waals surface area contributed by atoms with Crippen molar-refractivity contribution in [3.05, 3.63) is 130 Å². The number of pyridine rings is 1. The van der Waals surface area contributed by atoms with E-state index in [-0.39, 0.29) is 11.0 Å². The molecule has 1 aliphatic heterocycles. The smallest absolute Gasteiger partial charge is 0.218 e. The first-order chi connectivity index (χ1) is 23.3. The summed E-state index contributed by atoms with van der Waals surface area (Å²) >= 11 is 0. The fourth-order valence-electron chi connectivity index (χ4n) is 8.03. The highest BCUT2D eigenvalue weighted by molar-refractivity contribution is 6.08. The summed E-state index contributed by atoms with van der Waals surface area (Å²) in [5, 5.41) is 2.35. The van der Waals surface area contributed by atoms with Crippen LogP contribution in [0.3, 0.4) is 0 Å². The van der Waals surface area contributed by atoms with E-state index in [2.05, 4.69) is 139 Å². The lowest BCUT2D eigenvalue weighted by Gasteiger charge is -2.37. The molecular formula is C44H45N3O2. The Morgan fingerprint density at radius 3 is 2.47 bits per heavy atom. The zero-order valence-electron chi connectivity index (χ0n) is 29.9. The van der Waals surface area contributed by atoms with Gasteiger partial charge in [-0.3, -0.25) is 4.57 Å². The molecule has 1 aliphatic carbocycles. The van der Waals surface area contributed by atoms with Crippen molar-refractivity contribution in [1.29, 1.82) is 0 Å². The third kappa shape index (κ3) is 5.05. The normalized spacial score (nSPS) is 20.4. The number of ether oxygens (including phenoxy) is 2. The Morgan fingerprint density at radius 1 is 0.837 bits per heavy atom. The highest BCUT2D eigenvalue weighted by Crippen LogP contribution is 2.51. The zero-order valence-corrected chi connectivity index (χ0v) is 29.9. The van der Waals surface area contributed by atoms with E-state index in [1.165, 1.54) is 22.1 Å². The van der Waals surface area contributed by atoms with Crippen LogP contribution in [0, 0.1) is 20.8 Å². The Bertz CT molecular complexity index is 2320. The first kappa shape index (κ1) is 31.4. The van der Waals surface area contributed by atoms with Crippen molar-refractivity contribution in [2.45, 2.75) is 91.2 Å². The van der Waals surface area contributed by atoms with Crippen molar-refractivity contribution in [3.63, 3.8) is 0 Å². The summed E-state index contributed by atoms with van der Waals surface area (Å²) < 4.78 is 16.0. The molecule has 2 atom stereocenters. The van der Waals surface area contributed by atoms with Crippen LogP contribution >= 0.6 is 0 Å². The number of aliphatic imine (C=N–C) groups is 1. The Balaban J connectivity index is 1.19. The lowest BCUT2D eigenvalue weighted by atomic mass is 9.76. The summed E-state index contributed by atoms with van der Waals surface area (Å²) in [6, 6.07) is 30.4. The fourth-order valence-corrected chi connectivity index (χ4v) is 8.03. The predicted molar refractivity (Wildman–Crippen MR) is 201 cm³/mol. The Morgan fingerprint density at radius 2 is 1.65 bits per heavy atom. The maximum absolute atomic E-state index is 6.96. The molecule has 6 aromatic rings. The third-order valence-corrected chi connectivity index (χ3v) is 11.0. The molecule has 0 amide bonds. The van der Waals surface area contributed by atoms with Crippen LogP contribution in [-0.4, -0.2) is 21.0 Å². The summed E-state index contributed by atoms with van der Waals surface area (Å²) in [5.74, 6) is 2.26. The van der Waals surface area contributed by atoms with Crippen LogP contribution < -0.4 is 4.74 Å². The summed E-state index contributed by atoms with van der Waals surface area (Å²) in [6.07, 6.45) is 4.98. The van der Waals surface area contributed by atoms with E-state index in [1.807, 2.05) is 12.3 Å². The van der Waals surface area contributed by atoms with Gasteiger partial charge in [0, 0.05) is 34.2 Å². The Hall–Kier alpha value is -4.90. The van der Waals surface area contributed by atoms with Gasteiger partial charge in [-0.05, 0) is 130 Å². The minimum absolute atomic E-state index is 0.0479. The average molecular weight is 648 g/mol. The number of aromatic nitrogens is 2. The number of fused-ring (bicyclic) bond motifs is 6. The third-order valence-electron chi connectivity index (χ3n) is 11.0. The van der Waals surface area contributed by atoms with E-state index in [4.69, 9.17) is 19.5 Å². The van der Waals surface area contributed by atoms with Crippen LogP contribution in [0.5, 0.6) is 11.5 Å². The molecule has 0 spiro atoms. The molecule has 0 saturated heterocycles. The summed E-state index contributed by atoms with van der Waals surface area (Å²) in [7, 11) is 0. The molecule has 49 heavy (non-hydrogen) atoms. The molecule has 0 N–H and O–H groups in total. The standard InChI is InChI=1S/C44H45N3O2/c1-27-21-32(47-38-18-17-31(42(4,5)6)24-36(38)34-15-12-20-45-40(34)47)25-33(22-27)48-39-26-35(28(2)23-29(39)3)41-46-43(7)19-11-14-30-13-9-10-16-37(30)44(43,8)49-41/h9-10,12-13,15-18,20-26H,11,14,19H2,1-8H3/t43-,44+/m1/s1. The van der Waals surface area contributed by atoms with Crippen LogP contribution in [0.1, 0.15) is 86.4 Å². The molecule has 4 aromatic carbocycles. The molecule has 2 aliphatic rings. The minimum atomic E-state index is -0.538. The first-order valence-corrected chi connectivity index (χ1v) is 17.5. The SMILES string of the molecule is Cc1cc(Oc2cc(C3=N[C@]4(C)CCCc5ccccc5[C@]4(C)O3)c(C)cc2C)cc(-n2c3ccc(C(C)(C)C)cc3c3cccnc32)c1. The summed E-state index contributed by atoms with van der Waals surface area (Å²) in [4.78, 5) is 10.2. The number of nitrogens with zero attached hydrogens (tertiary/aromatic N) is 3. The Labute approximate surface area is 289 Å². The summed E-state index contributed by atoms with van der Waals surface area (Å²) in [6.45, 7) is 17.6. The largest absolute Gasteiger partial charge is 0.464 e. The monoisotopic (exact) mass is 647 g/mol. The van der Waals surface area contributed by atoms with Crippen LogP contribution in [0.15, 0.2) is 96.1 Å². The van der Waals surface area contributed by atoms with E-state index in [9.17, 15) is 0 Å². The van der Waals surface area contributed by atoms with Gasteiger partial charge in [-0.1, -0.05) is 57.2 Å². The van der Waals surface area contributed by atoms with Gasteiger partial charge in [0.05, 0.1) is 11.2 Å². The number of hydrogen-bond donors (Lipinski definition) is 0. The van der Waals surface area contributed by atoms with Gasteiger partial charge in [-0.15, -0.1) is 0 Å². The molecule has 0 radical (unpaired) electrons. The molecular weight excluding hydrogens is 603 g/mol. The predicted octanol–water partition coefficient (Wildman–Crippen LogP) is 11.0. The molecule has 0 fully saturated rings. The average Bonchev–Trinajstić information content (AvgIpc) is 3.49. The molecule has 0 bridgehead atoms. The quantitative estimate of drug-likeness (QED) is 0.191. The molecule has 3 heterocycles. The van der Waals surface area contributed by atoms with Crippen LogP contribution in [0.2, 0.25) is 0 Å². The van der Waals surface area contributed by atoms with Crippen molar-refractivity contribution < 1.29 is 9.47 Å². The van der Waals surface area contributed by atoms with E-state index in [0.29, 0.717) is 5.90 Å². The molecule has 5 heteroatoms. The molecule has 0 unspecified atom stereocenters. The second-order valence-corrected chi connectivity index (χ2v) is 15.6. The van der Waals surface area contributed by atoms with E-state index in [0.717, 1.165) is 75.3 Å². The van der Waals surface area contributed by atoms with Gasteiger partial charge in [-0.25, -0.2) is 9.98 Å². The molecule has 248 valence electrons. The van der Waals surface area contributed by atoms with Gasteiger partial charge >= 0.3 is 0 Å². The highest BCUT2D eigenvalue weighted by atomic mass is 16.5. The van der Waals surface area contributed by atoms with E-state index in [1.54, 1.807) is 0 Å². The van der Waals surface area contributed by atoms with Gasteiger partial charge in [0.1, 0.15) is 22.7 Å². The van der Waals surface area contributed by atoms with Gasteiger partial charge in [0.2, 0.25) is 5.90 Å². The van der Waals surface area contributed by atoms with E-state index < -0.39 is 5.60 Å². The molecule has 0 saturated carbocycles. The number of rotatable bonds is 4. The maximum Gasteiger partial charge on any atom is 0.218 e. The molecule has 5 nitrogen and oxygen atoms in total. The second kappa shape index (κ2) is 11.1. The number of benzene rings is 4. The maximum atomic E-state index is 6.96. The van der Waals surface area contributed by atoms with Crippen LogP contribution in [0.25, 0.3) is 27.6 Å².